The van der Waals surface area contributed by atoms with Gasteiger partial charge in [0, 0.05) is 0 Å². The van der Waals surface area contributed by atoms with Crippen LogP contribution >= 0.6 is 0 Å². The monoisotopic (exact) mass is 172 g/mol. The van der Waals surface area contributed by atoms with Gasteiger partial charge < -0.3 is 4.43 Å². The van der Waals surface area contributed by atoms with E-state index in [4.69, 9.17) is 4.43 Å². The van der Waals surface area contributed by atoms with Crippen molar-refractivity contribution in [3.63, 3.8) is 0 Å². The molecule has 0 spiro atoms. The second kappa shape index (κ2) is 4.26. The highest BCUT2D eigenvalue weighted by atomic mass is 28.2. The number of hydrogen-bond donors (Lipinski definition) is 0. The Morgan fingerprint density at radius 2 is 1.91 bits per heavy atom. The van der Waals surface area contributed by atoms with Gasteiger partial charge in [0.05, 0.1) is 5.60 Å². The van der Waals surface area contributed by atoms with E-state index in [0.717, 1.165) is 0 Å². The Labute approximate surface area is 72.5 Å². The Kier molecular flexibility index (Phi) is 3.59. The van der Waals surface area contributed by atoms with Crippen LogP contribution in [-0.2, 0) is 4.43 Å². The van der Waals surface area contributed by atoms with Crippen molar-refractivity contribution in [3.8, 4) is 0 Å². The van der Waals surface area contributed by atoms with Crippen LogP contribution in [0.1, 0.15) is 45.4 Å². The van der Waals surface area contributed by atoms with Crippen molar-refractivity contribution in [2.45, 2.75) is 57.6 Å². The highest BCUT2D eigenvalue weighted by Gasteiger charge is 2.29. The maximum absolute atomic E-state index is 5.96. The second-order valence-electron chi connectivity index (χ2n) is 3.53. The van der Waals surface area contributed by atoms with Crippen molar-refractivity contribution >= 4 is 9.76 Å². The molecular formula is C9H20OSi. The molecule has 0 saturated heterocycles. The van der Waals surface area contributed by atoms with E-state index >= 15 is 0 Å². The number of hydrogen-bond acceptors (Lipinski definition) is 1. The van der Waals surface area contributed by atoms with E-state index in [2.05, 4.69) is 13.5 Å². The van der Waals surface area contributed by atoms with Crippen LogP contribution in [0.3, 0.4) is 0 Å². The molecule has 11 heavy (non-hydrogen) atoms. The summed E-state index contributed by atoms with van der Waals surface area (Å²) in [6.07, 6.45) is 8.09. The minimum atomic E-state index is -0.199. The maximum Gasteiger partial charge on any atom is 0.159 e. The Morgan fingerprint density at radius 3 is 2.36 bits per heavy atom. The van der Waals surface area contributed by atoms with Gasteiger partial charge in [-0.3, -0.25) is 0 Å². The van der Waals surface area contributed by atoms with E-state index < -0.39 is 0 Å². The Hall–Kier alpha value is 0.177. The number of rotatable bonds is 3. The Balaban J connectivity index is 2.42. The van der Waals surface area contributed by atoms with Crippen LogP contribution in [0.25, 0.3) is 0 Å². The molecule has 1 aliphatic carbocycles. The second-order valence-corrected chi connectivity index (χ2v) is 4.40. The van der Waals surface area contributed by atoms with Gasteiger partial charge in [0.2, 0.25) is 0 Å². The van der Waals surface area contributed by atoms with E-state index in [9.17, 15) is 0 Å². The summed E-state index contributed by atoms with van der Waals surface area (Å²) in [6, 6.07) is 0. The maximum atomic E-state index is 5.96. The molecule has 1 saturated carbocycles. The fraction of sp³-hybridized carbons (Fsp3) is 1.00. The first kappa shape index (κ1) is 9.27. The fourth-order valence-electron chi connectivity index (χ4n) is 2.10. The molecule has 0 bridgehead atoms. The topological polar surface area (TPSA) is 9.23 Å². The van der Waals surface area contributed by atoms with E-state index in [1.54, 1.807) is 0 Å². The molecule has 0 unspecified atom stereocenters. The van der Waals surface area contributed by atoms with Gasteiger partial charge in [-0.2, -0.15) is 0 Å². The average molecular weight is 172 g/mol. The molecule has 0 atom stereocenters. The third kappa shape index (κ3) is 2.31. The zero-order valence-corrected chi connectivity index (χ0v) is 9.27. The molecule has 0 aromatic carbocycles. The average Bonchev–Trinajstić information content (AvgIpc) is 2.07. The van der Waals surface area contributed by atoms with Crippen molar-refractivity contribution < 1.29 is 4.43 Å². The molecule has 0 radical (unpaired) electrons. The van der Waals surface area contributed by atoms with Crippen molar-refractivity contribution in [2.24, 2.45) is 0 Å². The van der Waals surface area contributed by atoms with Gasteiger partial charge in [0.25, 0.3) is 0 Å². The molecule has 1 aliphatic rings. The van der Waals surface area contributed by atoms with Crippen molar-refractivity contribution in [1.29, 1.82) is 0 Å². The predicted octanol–water partition coefficient (Wildman–Crippen LogP) is 2.25. The highest BCUT2D eigenvalue weighted by Crippen LogP contribution is 2.33. The normalized spacial score (nSPS) is 24.5. The minimum absolute atomic E-state index is 0.199. The Bertz CT molecular complexity index is 103. The first-order valence-electron chi connectivity index (χ1n) is 4.97. The summed E-state index contributed by atoms with van der Waals surface area (Å²) < 4.78 is 5.96. The summed E-state index contributed by atoms with van der Waals surface area (Å²) in [5.74, 6) is 0. The van der Waals surface area contributed by atoms with Crippen molar-refractivity contribution in [1.82, 2.24) is 0 Å². The lowest BCUT2D eigenvalue weighted by Crippen LogP contribution is -2.34. The summed E-state index contributed by atoms with van der Waals surface area (Å²) in [5.41, 5.74) is 0.333. The van der Waals surface area contributed by atoms with Crippen LogP contribution in [0.4, 0.5) is 0 Å². The molecule has 0 N–H and O–H groups in total. The quantitative estimate of drug-likeness (QED) is 0.593. The summed E-state index contributed by atoms with van der Waals surface area (Å²) in [5, 5.41) is 0. The van der Waals surface area contributed by atoms with Gasteiger partial charge in [-0.15, -0.1) is 0 Å². The van der Waals surface area contributed by atoms with E-state index in [1.807, 2.05) is 0 Å². The summed E-state index contributed by atoms with van der Waals surface area (Å²) in [6.45, 7) is 4.52. The standard InChI is InChI=1S/C9H20OSi/c1-3-9(10-11-2)7-5-4-6-8-9/h3-8,11H2,1-2H3. The van der Waals surface area contributed by atoms with Gasteiger partial charge in [-0.05, 0) is 19.3 Å². The molecule has 0 aliphatic heterocycles. The van der Waals surface area contributed by atoms with Crippen LogP contribution in [0.5, 0.6) is 0 Å². The summed E-state index contributed by atoms with van der Waals surface area (Å²) in [4.78, 5) is 0. The molecule has 1 nitrogen and oxygen atoms in total. The third-order valence-corrected chi connectivity index (χ3v) is 3.76. The van der Waals surface area contributed by atoms with Crippen LogP contribution in [-0.4, -0.2) is 15.4 Å². The first-order valence-corrected chi connectivity index (χ1v) is 6.96. The zero-order chi connectivity index (χ0) is 8.16. The SMILES string of the molecule is CCC1(O[SiH2]C)CCCCC1. The third-order valence-electron chi connectivity index (χ3n) is 2.86. The van der Waals surface area contributed by atoms with Gasteiger partial charge >= 0.3 is 0 Å². The lowest BCUT2D eigenvalue weighted by atomic mass is 9.83. The van der Waals surface area contributed by atoms with Crippen LogP contribution in [0.2, 0.25) is 6.55 Å². The van der Waals surface area contributed by atoms with Crippen LogP contribution in [0, 0.1) is 0 Å². The largest absolute Gasteiger partial charge is 0.419 e. The van der Waals surface area contributed by atoms with E-state index in [0.29, 0.717) is 5.60 Å². The minimum Gasteiger partial charge on any atom is -0.419 e. The van der Waals surface area contributed by atoms with Crippen LogP contribution in [0.15, 0.2) is 0 Å². The summed E-state index contributed by atoms with van der Waals surface area (Å²) >= 11 is 0. The lowest BCUT2D eigenvalue weighted by Gasteiger charge is -2.36. The molecule has 1 rings (SSSR count). The van der Waals surface area contributed by atoms with Crippen molar-refractivity contribution in [2.75, 3.05) is 0 Å². The lowest BCUT2D eigenvalue weighted by molar-refractivity contribution is 0.0305. The molecule has 1 fully saturated rings. The predicted molar refractivity (Wildman–Crippen MR) is 51.6 cm³/mol. The van der Waals surface area contributed by atoms with E-state index in [1.165, 1.54) is 38.5 Å². The van der Waals surface area contributed by atoms with Crippen LogP contribution < -0.4 is 0 Å². The highest BCUT2D eigenvalue weighted by molar-refractivity contribution is 6.25. The van der Waals surface area contributed by atoms with Gasteiger partial charge in [-0.1, -0.05) is 32.7 Å². The molecule has 2 heteroatoms. The molecule has 0 aromatic rings. The van der Waals surface area contributed by atoms with Gasteiger partial charge in [0.1, 0.15) is 0 Å². The molecule has 0 amide bonds. The van der Waals surface area contributed by atoms with Crippen molar-refractivity contribution in [3.05, 3.63) is 0 Å². The molecule has 66 valence electrons. The summed E-state index contributed by atoms with van der Waals surface area (Å²) in [7, 11) is -0.199. The molecule has 0 aromatic heterocycles. The van der Waals surface area contributed by atoms with Gasteiger partial charge in [0.15, 0.2) is 9.76 Å². The Morgan fingerprint density at radius 1 is 1.27 bits per heavy atom. The molecule has 0 heterocycles. The van der Waals surface area contributed by atoms with Gasteiger partial charge in [-0.25, -0.2) is 0 Å². The molecular weight excluding hydrogens is 152 g/mol. The first-order chi connectivity index (χ1) is 5.33. The van der Waals surface area contributed by atoms with E-state index in [-0.39, 0.29) is 9.76 Å². The fourth-order valence-corrected chi connectivity index (χ4v) is 3.21. The smallest absolute Gasteiger partial charge is 0.159 e. The zero-order valence-electron chi connectivity index (χ0n) is 7.86.